The average molecular weight is 525 g/mol. The van der Waals surface area contributed by atoms with Gasteiger partial charge in [-0.25, -0.2) is 22.0 Å². The van der Waals surface area contributed by atoms with Crippen LogP contribution in [0.4, 0.5) is 30.7 Å². The molecule has 3 aromatic carbocycles. The van der Waals surface area contributed by atoms with Crippen molar-refractivity contribution < 1.29 is 35.5 Å². The van der Waals surface area contributed by atoms with E-state index in [0.29, 0.717) is 48.2 Å². The number of ether oxygens (including phenoxy) is 1. The summed E-state index contributed by atoms with van der Waals surface area (Å²) in [6.45, 7) is 5.35. The van der Waals surface area contributed by atoms with Crippen molar-refractivity contribution in [3.8, 4) is 16.9 Å². The Balaban J connectivity index is 0.00000121. The van der Waals surface area contributed by atoms with Gasteiger partial charge in [0.25, 0.3) is 0 Å². The Morgan fingerprint density at radius 3 is 1.89 bits per heavy atom. The van der Waals surface area contributed by atoms with E-state index in [1.165, 1.54) is 18.6 Å². The molecule has 0 aliphatic heterocycles. The molecule has 37 heavy (non-hydrogen) atoms. The summed E-state index contributed by atoms with van der Waals surface area (Å²) in [6, 6.07) is 8.69. The SMILES string of the molecule is CCC.Cc1c(F)cc(OC(F)(F)c2c(F)cc(-c3ccc(C4C=CCCC4F)cc3)cc2F)cc1F. The maximum absolute atomic E-state index is 14.6. The topological polar surface area (TPSA) is 9.23 Å². The van der Waals surface area contributed by atoms with Gasteiger partial charge in [-0.05, 0) is 48.6 Å². The van der Waals surface area contributed by atoms with E-state index < -0.39 is 58.3 Å². The zero-order chi connectivity index (χ0) is 27.3. The fraction of sp³-hybridized carbons (Fsp3) is 0.310. The van der Waals surface area contributed by atoms with E-state index in [9.17, 15) is 30.7 Å². The van der Waals surface area contributed by atoms with E-state index in [0.717, 1.165) is 6.92 Å². The second-order valence-electron chi connectivity index (χ2n) is 8.82. The van der Waals surface area contributed by atoms with Crippen LogP contribution in [0.3, 0.4) is 0 Å². The van der Waals surface area contributed by atoms with Gasteiger partial charge in [0.15, 0.2) is 0 Å². The molecule has 2 unspecified atom stereocenters. The third kappa shape index (κ3) is 6.53. The molecule has 0 spiro atoms. The van der Waals surface area contributed by atoms with Crippen molar-refractivity contribution in [2.75, 3.05) is 0 Å². The first-order chi connectivity index (χ1) is 17.5. The van der Waals surface area contributed by atoms with Gasteiger partial charge in [0.05, 0.1) is 0 Å². The summed E-state index contributed by atoms with van der Waals surface area (Å²) in [5.74, 6) is -6.84. The van der Waals surface area contributed by atoms with Gasteiger partial charge in [0.1, 0.15) is 40.8 Å². The fourth-order valence-electron chi connectivity index (χ4n) is 3.91. The number of benzene rings is 3. The van der Waals surface area contributed by atoms with Crippen LogP contribution in [-0.2, 0) is 6.11 Å². The van der Waals surface area contributed by atoms with Crippen LogP contribution in [0.2, 0.25) is 0 Å². The van der Waals surface area contributed by atoms with Crippen molar-refractivity contribution in [3.63, 3.8) is 0 Å². The van der Waals surface area contributed by atoms with E-state index in [1.54, 1.807) is 18.2 Å². The normalized spacial score (nSPS) is 17.2. The summed E-state index contributed by atoms with van der Waals surface area (Å²) >= 11 is 0. The van der Waals surface area contributed by atoms with Crippen molar-refractivity contribution in [2.24, 2.45) is 0 Å². The maximum Gasteiger partial charge on any atom is 0.432 e. The Labute approximate surface area is 211 Å². The molecule has 0 fully saturated rings. The lowest BCUT2D eigenvalue weighted by Crippen LogP contribution is -2.25. The lowest BCUT2D eigenvalue weighted by Gasteiger charge is -2.22. The van der Waals surface area contributed by atoms with Crippen LogP contribution in [-0.4, -0.2) is 6.17 Å². The van der Waals surface area contributed by atoms with Crippen molar-refractivity contribution >= 4 is 0 Å². The molecule has 4 rings (SSSR count). The van der Waals surface area contributed by atoms with Crippen LogP contribution in [0.15, 0.2) is 60.7 Å². The van der Waals surface area contributed by atoms with E-state index >= 15 is 0 Å². The number of hydrogen-bond donors (Lipinski definition) is 0. The Hall–Kier alpha value is -3.29. The van der Waals surface area contributed by atoms with Crippen LogP contribution < -0.4 is 4.74 Å². The molecule has 0 saturated heterocycles. The Morgan fingerprint density at radius 1 is 0.838 bits per heavy atom. The smallest absolute Gasteiger partial charge is 0.429 e. The zero-order valence-corrected chi connectivity index (χ0v) is 20.6. The van der Waals surface area contributed by atoms with Crippen molar-refractivity contribution in [1.29, 1.82) is 0 Å². The minimum absolute atomic E-state index is 0.0236. The van der Waals surface area contributed by atoms with Crippen LogP contribution in [0.25, 0.3) is 11.1 Å². The number of alkyl halides is 3. The second-order valence-corrected chi connectivity index (χ2v) is 8.82. The zero-order valence-electron chi connectivity index (χ0n) is 20.6. The molecule has 1 aliphatic rings. The highest BCUT2D eigenvalue weighted by Gasteiger charge is 2.41. The average Bonchev–Trinajstić information content (AvgIpc) is 2.82. The summed E-state index contributed by atoms with van der Waals surface area (Å²) in [5, 5.41) is 0. The predicted octanol–water partition coefficient (Wildman–Crippen LogP) is 9.53. The van der Waals surface area contributed by atoms with Gasteiger partial charge in [0, 0.05) is 23.6 Å². The standard InChI is InChI=1S/C26H19F7O.C3H8/c1-14-21(28)12-18(13-22(14)29)34-26(32,33)25-23(30)10-17(11-24(25)31)15-6-8-16(9-7-15)19-4-2-3-5-20(19)27;1-3-2/h2,4,6-13,19-20H,3,5H2,1H3;3H2,1-2H3. The lowest BCUT2D eigenvalue weighted by atomic mass is 9.87. The van der Waals surface area contributed by atoms with Crippen LogP contribution in [0.1, 0.15) is 55.7 Å². The largest absolute Gasteiger partial charge is 0.432 e. The van der Waals surface area contributed by atoms with E-state index in [2.05, 4.69) is 18.6 Å². The molecular weight excluding hydrogens is 497 g/mol. The van der Waals surface area contributed by atoms with Gasteiger partial charge in [-0.1, -0.05) is 56.7 Å². The molecule has 0 aromatic heterocycles. The fourth-order valence-corrected chi connectivity index (χ4v) is 3.91. The maximum atomic E-state index is 14.6. The minimum Gasteiger partial charge on any atom is -0.429 e. The van der Waals surface area contributed by atoms with E-state index in [-0.39, 0.29) is 5.56 Å². The van der Waals surface area contributed by atoms with Crippen molar-refractivity contribution in [1.82, 2.24) is 0 Å². The summed E-state index contributed by atoms with van der Waals surface area (Å²) < 4.78 is 104. The Bertz CT molecular complexity index is 1210. The number of rotatable bonds is 5. The van der Waals surface area contributed by atoms with Gasteiger partial charge in [-0.3, -0.25) is 0 Å². The van der Waals surface area contributed by atoms with Gasteiger partial charge in [-0.15, -0.1) is 0 Å². The Morgan fingerprint density at radius 2 is 1.38 bits per heavy atom. The molecule has 2 atom stereocenters. The number of allylic oxidation sites excluding steroid dienone is 2. The first-order valence-corrected chi connectivity index (χ1v) is 11.9. The molecule has 8 heteroatoms. The van der Waals surface area contributed by atoms with Gasteiger partial charge in [-0.2, -0.15) is 8.78 Å². The summed E-state index contributed by atoms with van der Waals surface area (Å²) in [5.41, 5.74) is -1.12. The van der Waals surface area contributed by atoms with Crippen molar-refractivity contribution in [2.45, 2.75) is 58.2 Å². The first kappa shape index (κ1) is 28.3. The van der Waals surface area contributed by atoms with Gasteiger partial charge < -0.3 is 4.74 Å². The highest BCUT2D eigenvalue weighted by molar-refractivity contribution is 5.65. The molecule has 0 heterocycles. The second kappa shape index (κ2) is 11.8. The number of halogens is 7. The highest BCUT2D eigenvalue weighted by atomic mass is 19.3. The molecule has 1 nitrogen and oxygen atoms in total. The van der Waals surface area contributed by atoms with Gasteiger partial charge in [0.2, 0.25) is 0 Å². The van der Waals surface area contributed by atoms with Gasteiger partial charge >= 0.3 is 6.11 Å². The highest BCUT2D eigenvalue weighted by Crippen LogP contribution is 2.38. The Kier molecular flexibility index (Phi) is 9.05. The monoisotopic (exact) mass is 524 g/mol. The van der Waals surface area contributed by atoms with Crippen LogP contribution in [0, 0.1) is 30.2 Å². The number of hydrogen-bond acceptors (Lipinski definition) is 1. The molecule has 3 aromatic rings. The summed E-state index contributed by atoms with van der Waals surface area (Å²) in [4.78, 5) is 0. The minimum atomic E-state index is -4.55. The third-order valence-electron chi connectivity index (χ3n) is 5.80. The predicted molar refractivity (Wildman–Crippen MR) is 129 cm³/mol. The van der Waals surface area contributed by atoms with Crippen molar-refractivity contribution in [3.05, 3.63) is 101 Å². The van der Waals surface area contributed by atoms with Crippen LogP contribution in [0.5, 0.6) is 5.75 Å². The molecule has 0 amide bonds. The van der Waals surface area contributed by atoms with E-state index in [4.69, 9.17) is 0 Å². The first-order valence-electron chi connectivity index (χ1n) is 11.9. The summed E-state index contributed by atoms with van der Waals surface area (Å²) in [7, 11) is 0. The summed E-state index contributed by atoms with van der Waals surface area (Å²) in [6.07, 6.45) is 0.378. The molecule has 0 radical (unpaired) electrons. The lowest BCUT2D eigenvalue weighted by molar-refractivity contribution is -0.189. The molecule has 1 aliphatic carbocycles. The molecule has 0 saturated carbocycles. The quantitative estimate of drug-likeness (QED) is 0.239. The molecule has 198 valence electrons. The molecule has 0 N–H and O–H groups in total. The third-order valence-corrected chi connectivity index (χ3v) is 5.80. The van der Waals surface area contributed by atoms with Crippen LogP contribution >= 0.6 is 0 Å². The van der Waals surface area contributed by atoms with E-state index in [1.807, 2.05) is 6.08 Å². The molecule has 0 bridgehead atoms. The molecular formula is C29H27F7O.